The number of rotatable bonds is 11. The van der Waals surface area contributed by atoms with Crippen LogP contribution in [0.4, 0.5) is 22.7 Å². The molecule has 0 saturated carbocycles. The monoisotopic (exact) mass is 1100 g/mol. The highest BCUT2D eigenvalue weighted by Gasteiger charge is 2.33. The fourth-order valence-corrected chi connectivity index (χ4v) is 11.4. The van der Waals surface area contributed by atoms with E-state index in [0.29, 0.717) is 28.8 Å². The van der Waals surface area contributed by atoms with Gasteiger partial charge < -0.3 is 19.3 Å². The van der Waals surface area contributed by atoms with Crippen LogP contribution in [0.25, 0.3) is 72.1 Å². The molecular weight excluding hydrogens is 1020 g/mol. The zero-order valence-corrected chi connectivity index (χ0v) is 48.7. The molecule has 2 aromatic heterocycles. The maximum atomic E-state index is 9.20. The SMILES string of the molecule is [2H]c1c([2H])c([2H])c(-c2cccc(-c3c([2H])c([2H])c([2H])c([2H])c3[2H])c2N2CN(c3cc(Oc4ccc5c6ccccc6n(-c6cc(Oc7c(-c8ccc(C(C)(C)C)cc8)cccc7-c7ccc(C(C)(C)C)cc7)ccn6)c5c4)cc(C(C)(C)C)c3)c3ccccc32)c([2H])c1[2H]. The molecule has 1 aliphatic heterocycles. The first kappa shape index (κ1) is 43.1. The number of ether oxygens (including phenoxy) is 2. The van der Waals surface area contributed by atoms with Crippen LogP contribution in [0, 0.1) is 0 Å². The first-order valence-electron chi connectivity index (χ1n) is 33.5. The van der Waals surface area contributed by atoms with Crippen molar-refractivity contribution in [1.29, 1.82) is 0 Å². The van der Waals surface area contributed by atoms with Gasteiger partial charge in [-0.25, -0.2) is 4.98 Å². The third-order valence-corrected chi connectivity index (χ3v) is 15.8. The predicted molar refractivity (Wildman–Crippen MR) is 351 cm³/mol. The summed E-state index contributed by atoms with van der Waals surface area (Å²) in [6.45, 7) is 19.8. The lowest BCUT2D eigenvalue weighted by atomic mass is 9.85. The second-order valence-corrected chi connectivity index (χ2v) is 24.6. The van der Waals surface area contributed by atoms with Crippen molar-refractivity contribution in [2.45, 2.75) is 78.6 Å². The van der Waals surface area contributed by atoms with Gasteiger partial charge >= 0.3 is 0 Å². The molecule has 414 valence electrons. The van der Waals surface area contributed by atoms with Crippen molar-refractivity contribution in [3.8, 4) is 73.3 Å². The Kier molecular flexibility index (Phi) is 10.9. The van der Waals surface area contributed by atoms with Crippen molar-refractivity contribution < 1.29 is 23.2 Å². The summed E-state index contributed by atoms with van der Waals surface area (Å²) in [4.78, 5) is 9.05. The number of fused-ring (bicyclic) bond motifs is 4. The Hall–Kier alpha value is -9.65. The molecule has 0 N–H and O–H groups in total. The molecule has 84 heavy (non-hydrogen) atoms. The molecule has 0 spiro atoms. The minimum absolute atomic E-state index is 0.0175. The van der Waals surface area contributed by atoms with E-state index in [2.05, 4.69) is 163 Å². The van der Waals surface area contributed by atoms with Gasteiger partial charge in [0.05, 0.1) is 41.8 Å². The van der Waals surface area contributed by atoms with E-state index in [1.54, 1.807) is 24.4 Å². The molecule has 6 nitrogen and oxygen atoms in total. The number of hydrogen-bond acceptors (Lipinski definition) is 5. The molecule has 6 heteroatoms. The van der Waals surface area contributed by atoms with E-state index >= 15 is 0 Å². The maximum absolute atomic E-state index is 9.20. The second-order valence-electron chi connectivity index (χ2n) is 24.6. The molecule has 0 saturated heterocycles. The molecular formula is C78H70N4O2. The molecule has 0 aliphatic carbocycles. The van der Waals surface area contributed by atoms with Crippen LogP contribution < -0.4 is 19.3 Å². The topological polar surface area (TPSA) is 42.8 Å². The Morgan fingerprint density at radius 2 is 0.929 bits per heavy atom. The molecule has 0 bridgehead atoms. The van der Waals surface area contributed by atoms with Gasteiger partial charge in [-0.1, -0.05) is 238 Å². The molecule has 0 amide bonds. The fourth-order valence-electron chi connectivity index (χ4n) is 11.4. The van der Waals surface area contributed by atoms with E-state index in [-0.39, 0.29) is 50.9 Å². The average molecular weight is 1110 g/mol. The lowest BCUT2D eigenvalue weighted by molar-refractivity contribution is 0.479. The molecule has 3 heterocycles. The summed E-state index contributed by atoms with van der Waals surface area (Å²) in [7, 11) is 0. The smallest absolute Gasteiger partial charge is 0.143 e. The number of hydrogen-bond donors (Lipinski definition) is 0. The zero-order chi connectivity index (χ0) is 66.6. The highest BCUT2D eigenvalue weighted by atomic mass is 16.5. The summed E-state index contributed by atoms with van der Waals surface area (Å²) in [5.74, 6) is 3.08. The summed E-state index contributed by atoms with van der Waals surface area (Å²) in [5, 5.41) is 2.02. The van der Waals surface area contributed by atoms with Crippen LogP contribution >= 0.6 is 0 Å². The number of anilines is 4. The fraction of sp³-hybridized carbons (Fsp3) is 0.167. The van der Waals surface area contributed by atoms with Crippen LogP contribution in [0.3, 0.4) is 0 Å². The van der Waals surface area contributed by atoms with Crippen LogP contribution in [-0.2, 0) is 16.2 Å². The summed E-state index contributed by atoms with van der Waals surface area (Å²) >= 11 is 0. The van der Waals surface area contributed by atoms with Crippen molar-refractivity contribution in [3.05, 3.63) is 265 Å². The number of pyridine rings is 1. The predicted octanol–water partition coefficient (Wildman–Crippen LogP) is 21.6. The van der Waals surface area contributed by atoms with E-state index in [4.69, 9.17) is 22.7 Å². The Morgan fingerprint density at radius 1 is 0.405 bits per heavy atom. The number of aromatic nitrogens is 2. The zero-order valence-electron chi connectivity index (χ0n) is 58.7. The van der Waals surface area contributed by atoms with E-state index in [1.165, 1.54) is 11.1 Å². The molecule has 0 atom stereocenters. The van der Waals surface area contributed by atoms with E-state index in [0.717, 1.165) is 66.7 Å². The summed E-state index contributed by atoms with van der Waals surface area (Å²) < 4.78 is 105. The number of benzene rings is 10. The highest BCUT2D eigenvalue weighted by molar-refractivity contribution is 6.09. The van der Waals surface area contributed by atoms with Crippen LogP contribution in [0.2, 0.25) is 0 Å². The van der Waals surface area contributed by atoms with Crippen LogP contribution in [0.5, 0.6) is 23.0 Å². The number of para-hydroxylation sites is 5. The highest BCUT2D eigenvalue weighted by Crippen LogP contribution is 2.51. The van der Waals surface area contributed by atoms with Gasteiger partial charge in [0, 0.05) is 63.1 Å². The summed E-state index contributed by atoms with van der Waals surface area (Å²) in [5.41, 5.74) is 11.4. The Bertz CT molecular complexity index is 4800. The minimum Gasteiger partial charge on any atom is -0.457 e. The van der Waals surface area contributed by atoms with Gasteiger partial charge in [0.15, 0.2) is 0 Å². The molecule has 1 aliphatic rings. The molecule has 12 aromatic rings. The third-order valence-electron chi connectivity index (χ3n) is 15.8. The van der Waals surface area contributed by atoms with Crippen molar-refractivity contribution >= 4 is 44.6 Å². The van der Waals surface area contributed by atoms with Crippen molar-refractivity contribution in [2.75, 3.05) is 16.5 Å². The molecule has 0 radical (unpaired) electrons. The quantitative estimate of drug-likeness (QED) is 0.129. The Morgan fingerprint density at radius 3 is 1.51 bits per heavy atom. The number of nitrogens with zero attached hydrogens (tertiary/aromatic N) is 4. The molecule has 10 aromatic carbocycles. The van der Waals surface area contributed by atoms with Gasteiger partial charge in [0.1, 0.15) is 35.5 Å². The van der Waals surface area contributed by atoms with E-state index < -0.39 is 60.4 Å². The second kappa shape index (κ2) is 21.3. The first-order valence-corrected chi connectivity index (χ1v) is 28.5. The van der Waals surface area contributed by atoms with Gasteiger partial charge in [0.2, 0.25) is 0 Å². The van der Waals surface area contributed by atoms with Crippen LogP contribution in [0.1, 0.15) is 92.7 Å². The maximum Gasteiger partial charge on any atom is 0.143 e. The van der Waals surface area contributed by atoms with Crippen molar-refractivity contribution in [3.63, 3.8) is 0 Å². The van der Waals surface area contributed by atoms with E-state index in [1.807, 2.05) is 77.7 Å². The van der Waals surface area contributed by atoms with Gasteiger partial charge in [-0.05, 0) is 104 Å². The summed E-state index contributed by atoms with van der Waals surface area (Å²) in [6.07, 6.45) is 1.78. The van der Waals surface area contributed by atoms with Gasteiger partial charge in [-0.2, -0.15) is 0 Å². The van der Waals surface area contributed by atoms with Crippen LogP contribution in [0.15, 0.2) is 249 Å². The van der Waals surface area contributed by atoms with Crippen LogP contribution in [-0.4, -0.2) is 16.2 Å². The van der Waals surface area contributed by atoms with Crippen molar-refractivity contribution in [2.24, 2.45) is 0 Å². The largest absolute Gasteiger partial charge is 0.457 e. The Balaban J connectivity index is 0.908. The van der Waals surface area contributed by atoms with Gasteiger partial charge in [-0.3, -0.25) is 4.57 Å². The molecule has 0 fully saturated rings. The minimum atomic E-state index is -0.559. The first-order chi connectivity index (χ1) is 44.7. The van der Waals surface area contributed by atoms with Gasteiger partial charge in [0.25, 0.3) is 0 Å². The summed E-state index contributed by atoms with van der Waals surface area (Å²) in [6, 6.07) is 55.7. The lowest BCUT2D eigenvalue weighted by Crippen LogP contribution is -2.25. The van der Waals surface area contributed by atoms with E-state index in [9.17, 15) is 5.48 Å². The molecule has 13 rings (SSSR count). The molecule has 0 unspecified atom stereocenters. The average Bonchev–Trinajstić information content (AvgIpc) is 1.76. The lowest BCUT2D eigenvalue weighted by Gasteiger charge is -2.28. The Labute approximate surface area is 508 Å². The van der Waals surface area contributed by atoms with Crippen molar-refractivity contribution in [1.82, 2.24) is 9.55 Å². The standard InChI is InChI=1S/C78H70N4O2/c1-76(2,3)56-38-34-54(35-39-56)65-29-21-30-66(55-36-40-57(41-37-55)77(4,5)6)75(65)84-61-44-45-79-73(50-61)82-69-31-17-16-26-67(69)68-43-42-60(49-72(68)82)83-62-47-58(78(7,8)9)46-59(48-62)80-51-81(71-33-19-18-32-70(71)80)74-63(52-22-12-10-13-23-52)27-20-28-64(74)53-24-14-11-15-25-53/h10-50H,51H2,1-9H3/i10D,11D,12D,13D,14D,15D,22D,23D,24D,25D. The normalized spacial score (nSPS) is 14.4. The van der Waals surface area contributed by atoms with Gasteiger partial charge in [-0.15, -0.1) is 0 Å². The third kappa shape index (κ3) is 10.3.